The molecule has 0 amide bonds. The molecule has 2 atom stereocenters. The lowest BCUT2D eigenvalue weighted by molar-refractivity contribution is 0.0177. The molecule has 6 nitrogen and oxygen atoms in total. The number of ether oxygens (including phenoxy) is 1. The Labute approximate surface area is 146 Å². The number of nitrogens with zero attached hydrogens (tertiary/aromatic N) is 1. The molecule has 1 heterocycles. The highest BCUT2D eigenvalue weighted by atomic mass is 32.2. The first kappa shape index (κ1) is 19.5. The van der Waals surface area contributed by atoms with Crippen molar-refractivity contribution < 1.29 is 13.2 Å². The van der Waals surface area contributed by atoms with Crippen molar-refractivity contribution >= 4 is 15.8 Å². The molecule has 0 radical (unpaired) electrons. The summed E-state index contributed by atoms with van der Waals surface area (Å²) >= 11 is 0. The normalized spacial score (nSPS) is 25.8. The van der Waals surface area contributed by atoms with Gasteiger partial charge in [-0.3, -0.25) is 4.99 Å². The van der Waals surface area contributed by atoms with Gasteiger partial charge in [0.15, 0.2) is 15.8 Å². The molecule has 1 saturated carbocycles. The van der Waals surface area contributed by atoms with Crippen molar-refractivity contribution in [2.75, 3.05) is 31.2 Å². The van der Waals surface area contributed by atoms with E-state index in [1.54, 1.807) is 0 Å². The predicted octanol–water partition coefficient (Wildman–Crippen LogP) is 1.71. The van der Waals surface area contributed by atoms with Crippen LogP contribution in [0.3, 0.4) is 0 Å². The number of nitrogens with one attached hydrogen (secondary N) is 2. The van der Waals surface area contributed by atoms with E-state index in [0.717, 1.165) is 25.5 Å². The first-order chi connectivity index (χ1) is 11.5. The molecule has 0 aromatic carbocycles. The lowest BCUT2D eigenvalue weighted by Crippen LogP contribution is -2.44. The summed E-state index contributed by atoms with van der Waals surface area (Å²) in [4.78, 5) is 4.64. The molecule has 0 bridgehead atoms. The predicted molar refractivity (Wildman–Crippen MR) is 98.2 cm³/mol. The maximum absolute atomic E-state index is 11.6. The molecule has 2 fully saturated rings. The average Bonchev–Trinajstić information content (AvgIpc) is 3.16. The van der Waals surface area contributed by atoms with Gasteiger partial charge in [0.1, 0.15) is 0 Å². The summed E-state index contributed by atoms with van der Waals surface area (Å²) in [5, 5.41) is 6.48. The molecule has 0 aromatic heterocycles. The zero-order valence-corrected chi connectivity index (χ0v) is 15.9. The summed E-state index contributed by atoms with van der Waals surface area (Å²) in [5.74, 6) is 1.89. The largest absolute Gasteiger partial charge is 0.378 e. The molecule has 2 rings (SSSR count). The Kier molecular flexibility index (Phi) is 7.81. The van der Waals surface area contributed by atoms with Crippen LogP contribution in [0.5, 0.6) is 0 Å². The van der Waals surface area contributed by atoms with Crippen LogP contribution in [-0.2, 0) is 14.6 Å². The molecule has 1 saturated heterocycles. The molecule has 0 aromatic rings. The number of guanidine groups is 1. The van der Waals surface area contributed by atoms with Gasteiger partial charge in [-0.25, -0.2) is 8.42 Å². The van der Waals surface area contributed by atoms with Gasteiger partial charge in [0, 0.05) is 25.7 Å². The fraction of sp³-hybridized carbons (Fsp3) is 0.941. The molecule has 1 aliphatic heterocycles. The van der Waals surface area contributed by atoms with Gasteiger partial charge in [0.05, 0.1) is 17.6 Å². The Morgan fingerprint density at radius 2 is 2.00 bits per heavy atom. The van der Waals surface area contributed by atoms with E-state index in [2.05, 4.69) is 22.5 Å². The van der Waals surface area contributed by atoms with E-state index >= 15 is 0 Å². The summed E-state index contributed by atoms with van der Waals surface area (Å²) in [7, 11) is -2.87. The third kappa shape index (κ3) is 6.24. The van der Waals surface area contributed by atoms with E-state index in [9.17, 15) is 8.42 Å². The van der Waals surface area contributed by atoms with Gasteiger partial charge in [0.25, 0.3) is 0 Å². The minimum absolute atomic E-state index is 0.0229. The summed E-state index contributed by atoms with van der Waals surface area (Å²) < 4.78 is 29.1. The number of sulfone groups is 1. The molecular formula is C17H33N3O3S. The fourth-order valence-corrected chi connectivity index (χ4v) is 5.40. The third-order valence-electron chi connectivity index (χ3n) is 4.91. The lowest BCUT2D eigenvalue weighted by atomic mass is 9.98. The van der Waals surface area contributed by atoms with Crippen molar-refractivity contribution in [3.8, 4) is 0 Å². The van der Waals surface area contributed by atoms with Crippen LogP contribution in [0, 0.1) is 5.92 Å². The monoisotopic (exact) mass is 359 g/mol. The highest BCUT2D eigenvalue weighted by Crippen LogP contribution is 2.30. The van der Waals surface area contributed by atoms with Crippen molar-refractivity contribution in [2.24, 2.45) is 10.9 Å². The second-order valence-corrected chi connectivity index (χ2v) is 9.06. The van der Waals surface area contributed by atoms with Gasteiger partial charge in [0.2, 0.25) is 0 Å². The van der Waals surface area contributed by atoms with E-state index < -0.39 is 9.84 Å². The van der Waals surface area contributed by atoms with E-state index in [1.165, 1.54) is 25.7 Å². The quantitative estimate of drug-likeness (QED) is 0.509. The summed E-state index contributed by atoms with van der Waals surface area (Å²) in [6.07, 6.45) is 7.07. The van der Waals surface area contributed by atoms with Crippen molar-refractivity contribution in [3.63, 3.8) is 0 Å². The highest BCUT2D eigenvalue weighted by Gasteiger charge is 2.28. The first-order valence-corrected chi connectivity index (χ1v) is 11.2. The Balaban J connectivity index is 1.84. The van der Waals surface area contributed by atoms with Crippen molar-refractivity contribution in [1.29, 1.82) is 0 Å². The molecule has 2 aliphatic rings. The van der Waals surface area contributed by atoms with E-state index in [-0.39, 0.29) is 17.5 Å². The van der Waals surface area contributed by atoms with Gasteiger partial charge in [-0.2, -0.15) is 0 Å². The third-order valence-corrected chi connectivity index (χ3v) is 6.68. The molecule has 24 heavy (non-hydrogen) atoms. The second kappa shape index (κ2) is 9.61. The minimum Gasteiger partial charge on any atom is -0.378 e. The van der Waals surface area contributed by atoms with Gasteiger partial charge in [-0.1, -0.05) is 12.8 Å². The lowest BCUT2D eigenvalue weighted by Gasteiger charge is -2.23. The standard InChI is InChI=1S/C17H33N3O3S/c1-3-18-17(20-15-10-12-24(21,22)13-15)19-11-9-16(23-4-2)14-7-5-6-8-14/h14-16H,3-13H2,1-2H3,(H2,18,19,20). The van der Waals surface area contributed by atoms with Crippen LogP contribution >= 0.6 is 0 Å². The summed E-state index contributed by atoms with van der Waals surface area (Å²) in [6.45, 7) is 6.30. The smallest absolute Gasteiger partial charge is 0.191 e. The van der Waals surface area contributed by atoms with Gasteiger partial charge < -0.3 is 15.4 Å². The topological polar surface area (TPSA) is 79.8 Å². The zero-order chi connectivity index (χ0) is 17.4. The molecule has 140 valence electrons. The Hall–Kier alpha value is -0.820. The first-order valence-electron chi connectivity index (χ1n) is 9.41. The number of aliphatic imine (C=N–C) groups is 1. The Bertz CT molecular complexity index is 501. The van der Waals surface area contributed by atoms with E-state index in [1.807, 2.05) is 6.92 Å². The summed E-state index contributed by atoms with van der Waals surface area (Å²) in [6, 6.07) is -0.0229. The fourth-order valence-electron chi connectivity index (χ4n) is 3.72. The van der Waals surface area contributed by atoms with Crippen LogP contribution < -0.4 is 10.6 Å². The van der Waals surface area contributed by atoms with Crippen molar-refractivity contribution in [3.05, 3.63) is 0 Å². The Morgan fingerprint density at radius 3 is 2.58 bits per heavy atom. The van der Waals surface area contributed by atoms with Gasteiger partial charge >= 0.3 is 0 Å². The van der Waals surface area contributed by atoms with Crippen LogP contribution in [0.15, 0.2) is 4.99 Å². The average molecular weight is 360 g/mol. The molecular weight excluding hydrogens is 326 g/mol. The van der Waals surface area contributed by atoms with Crippen LogP contribution in [0.2, 0.25) is 0 Å². The van der Waals surface area contributed by atoms with E-state index in [0.29, 0.717) is 25.0 Å². The van der Waals surface area contributed by atoms with Crippen molar-refractivity contribution in [2.45, 2.75) is 64.5 Å². The van der Waals surface area contributed by atoms with Crippen LogP contribution in [0.4, 0.5) is 0 Å². The second-order valence-electron chi connectivity index (χ2n) is 6.83. The summed E-state index contributed by atoms with van der Waals surface area (Å²) in [5.41, 5.74) is 0. The van der Waals surface area contributed by atoms with Crippen LogP contribution in [-0.4, -0.2) is 57.7 Å². The molecule has 7 heteroatoms. The van der Waals surface area contributed by atoms with Gasteiger partial charge in [-0.15, -0.1) is 0 Å². The van der Waals surface area contributed by atoms with Crippen LogP contribution in [0.1, 0.15) is 52.4 Å². The highest BCUT2D eigenvalue weighted by molar-refractivity contribution is 7.91. The maximum atomic E-state index is 11.6. The molecule has 2 unspecified atom stereocenters. The molecule has 1 aliphatic carbocycles. The number of rotatable bonds is 8. The number of hydrogen-bond acceptors (Lipinski definition) is 4. The molecule has 2 N–H and O–H groups in total. The molecule has 0 spiro atoms. The Morgan fingerprint density at radius 1 is 1.25 bits per heavy atom. The van der Waals surface area contributed by atoms with E-state index in [4.69, 9.17) is 4.74 Å². The number of hydrogen-bond donors (Lipinski definition) is 2. The van der Waals surface area contributed by atoms with Crippen LogP contribution in [0.25, 0.3) is 0 Å². The van der Waals surface area contributed by atoms with Crippen molar-refractivity contribution in [1.82, 2.24) is 10.6 Å². The van der Waals surface area contributed by atoms with Gasteiger partial charge in [-0.05, 0) is 45.4 Å². The maximum Gasteiger partial charge on any atom is 0.191 e. The SMILES string of the molecule is CCNC(=NCCC(OCC)C1CCCC1)NC1CCS(=O)(=O)C1. The minimum atomic E-state index is -2.87. The zero-order valence-electron chi connectivity index (χ0n) is 15.1.